The van der Waals surface area contributed by atoms with Crippen molar-refractivity contribution in [3.8, 4) is 0 Å². The van der Waals surface area contributed by atoms with E-state index in [1.165, 1.54) is 0 Å². The fourth-order valence-electron chi connectivity index (χ4n) is 3.51. The van der Waals surface area contributed by atoms with E-state index in [1.54, 1.807) is 0 Å². The third kappa shape index (κ3) is 0.553. The Bertz CT molecular complexity index is 271. The average molecular weight is 176 g/mol. The van der Waals surface area contributed by atoms with Gasteiger partial charge in [-0.25, -0.2) is 0 Å². The molecule has 0 aliphatic heterocycles. The second-order valence-electron chi connectivity index (χ2n) is 4.69. The zero-order valence-electron chi connectivity index (χ0n) is 7.93. The molecule has 3 aliphatic carbocycles. The van der Waals surface area contributed by atoms with Crippen molar-refractivity contribution in [2.75, 3.05) is 6.61 Å². The van der Waals surface area contributed by atoms with E-state index in [1.807, 2.05) is 6.92 Å². The van der Waals surface area contributed by atoms with Crippen LogP contribution in [0.15, 0.2) is 0 Å². The van der Waals surface area contributed by atoms with E-state index < -0.39 is 5.31 Å². The Morgan fingerprint density at radius 2 is 1.77 bits per heavy atom. The Balaban J connectivity index is 1.88. The number of hydrogen-bond acceptors (Lipinski definition) is 2. The number of ether oxygens (including phenoxy) is 1. The third-order valence-corrected chi connectivity index (χ3v) is 4.46. The van der Waals surface area contributed by atoms with Gasteiger partial charge < -0.3 is 4.74 Å². The molecule has 0 aromatic heterocycles. The first-order chi connectivity index (χ1) is 6.15. The van der Waals surface area contributed by atoms with Crippen LogP contribution in [0.4, 0.5) is 0 Å². The minimum atomic E-state index is -0.587. The van der Waals surface area contributed by atoms with Gasteiger partial charge in [-0.15, -0.1) is 0 Å². The minimum Gasteiger partial charge on any atom is -0.466 e. The maximum Gasteiger partial charge on any atom is 0.304 e. The minimum absolute atomic E-state index is 0.148. The Morgan fingerprint density at radius 1 is 1.31 bits per heavy atom. The monoisotopic (exact) mass is 176 g/mol. The second-order valence-corrected chi connectivity index (χ2v) is 4.69. The van der Waals surface area contributed by atoms with Crippen molar-refractivity contribution in [1.29, 1.82) is 0 Å². The third-order valence-electron chi connectivity index (χ3n) is 4.46. The van der Waals surface area contributed by atoms with E-state index in [0.29, 0.717) is 6.61 Å². The molecule has 2 radical (unpaired) electrons. The van der Waals surface area contributed by atoms with Crippen LogP contribution in [0.5, 0.6) is 0 Å². The van der Waals surface area contributed by atoms with Crippen molar-refractivity contribution < 1.29 is 9.53 Å². The summed E-state index contributed by atoms with van der Waals surface area (Å²) in [7, 11) is 6.18. The van der Waals surface area contributed by atoms with E-state index in [-0.39, 0.29) is 16.8 Å². The van der Waals surface area contributed by atoms with E-state index in [0.717, 1.165) is 25.7 Å². The maximum atomic E-state index is 11.7. The van der Waals surface area contributed by atoms with Crippen molar-refractivity contribution in [1.82, 2.24) is 0 Å². The molecule has 0 aromatic carbocycles. The van der Waals surface area contributed by atoms with Gasteiger partial charge in [-0.05, 0) is 43.4 Å². The van der Waals surface area contributed by atoms with Gasteiger partial charge in [0, 0.05) is 5.31 Å². The molecule has 0 atom stereocenters. The number of carbonyl (C=O) groups excluding carboxylic acids is 1. The molecule has 3 rings (SSSR count). The lowest BCUT2D eigenvalue weighted by Gasteiger charge is -2.09. The Hall–Kier alpha value is -0.465. The molecule has 3 aliphatic rings. The predicted octanol–water partition coefficient (Wildman–Crippen LogP) is 1.45. The molecule has 0 amide bonds. The fraction of sp³-hybridized carbons (Fsp3) is 0.900. The Kier molecular flexibility index (Phi) is 1.10. The molecule has 3 fully saturated rings. The summed E-state index contributed by atoms with van der Waals surface area (Å²) >= 11 is 0. The van der Waals surface area contributed by atoms with Crippen LogP contribution in [0.25, 0.3) is 0 Å². The van der Waals surface area contributed by atoms with Crippen LogP contribution in [0.2, 0.25) is 5.31 Å². The highest BCUT2D eigenvalue weighted by molar-refractivity contribution is 6.33. The van der Waals surface area contributed by atoms with E-state index in [2.05, 4.69) is 0 Å². The predicted molar refractivity (Wildman–Crippen MR) is 48.4 cm³/mol. The van der Waals surface area contributed by atoms with Crippen LogP contribution in [-0.2, 0) is 9.53 Å². The molecule has 68 valence electrons. The summed E-state index contributed by atoms with van der Waals surface area (Å²) in [6.45, 7) is 2.28. The molecule has 2 spiro atoms. The van der Waals surface area contributed by atoms with Crippen LogP contribution >= 0.6 is 0 Å². The van der Waals surface area contributed by atoms with E-state index in [9.17, 15) is 4.79 Å². The molecule has 0 saturated heterocycles. The fourth-order valence-corrected chi connectivity index (χ4v) is 3.51. The number of rotatable bonds is 2. The van der Waals surface area contributed by atoms with Crippen LogP contribution in [0.1, 0.15) is 32.6 Å². The lowest BCUT2D eigenvalue weighted by atomic mass is 9.78. The smallest absolute Gasteiger partial charge is 0.304 e. The van der Waals surface area contributed by atoms with Gasteiger partial charge in [-0.3, -0.25) is 4.79 Å². The lowest BCUT2D eigenvalue weighted by Crippen LogP contribution is -2.17. The summed E-state index contributed by atoms with van der Waals surface area (Å²) in [6, 6.07) is 0. The zero-order chi connectivity index (χ0) is 9.32. The molecule has 13 heavy (non-hydrogen) atoms. The second kappa shape index (κ2) is 1.82. The lowest BCUT2D eigenvalue weighted by molar-refractivity contribution is -0.144. The summed E-state index contributed by atoms with van der Waals surface area (Å²) in [5, 5.41) is -0.587. The van der Waals surface area contributed by atoms with E-state index in [4.69, 9.17) is 12.6 Å². The number of esters is 1. The van der Waals surface area contributed by atoms with Crippen LogP contribution in [0.3, 0.4) is 0 Å². The van der Waals surface area contributed by atoms with Gasteiger partial charge in [0.1, 0.15) is 0 Å². The molecule has 0 bridgehead atoms. The summed E-state index contributed by atoms with van der Waals surface area (Å²) in [5.74, 6) is -0.148. The summed E-state index contributed by atoms with van der Waals surface area (Å²) in [6.07, 6.45) is 4.56. The van der Waals surface area contributed by atoms with Gasteiger partial charge >= 0.3 is 5.97 Å². The van der Waals surface area contributed by atoms with Gasteiger partial charge in [-0.2, -0.15) is 0 Å². The van der Waals surface area contributed by atoms with Crippen molar-refractivity contribution in [2.45, 2.75) is 37.9 Å². The Labute approximate surface area is 79.4 Å². The molecule has 0 unspecified atom stereocenters. The summed E-state index contributed by atoms with van der Waals surface area (Å²) in [4.78, 5) is 11.7. The van der Waals surface area contributed by atoms with Crippen LogP contribution in [0, 0.1) is 10.8 Å². The summed E-state index contributed by atoms with van der Waals surface area (Å²) in [5.41, 5.74) is 0.374. The van der Waals surface area contributed by atoms with Crippen molar-refractivity contribution in [2.24, 2.45) is 10.8 Å². The van der Waals surface area contributed by atoms with Gasteiger partial charge in [0.15, 0.2) is 0 Å². The first-order valence-electron chi connectivity index (χ1n) is 5.11. The average Bonchev–Trinajstić information content (AvgIpc) is 2.95. The molecule has 0 aromatic rings. The quantitative estimate of drug-likeness (QED) is 0.470. The van der Waals surface area contributed by atoms with Gasteiger partial charge in [0.2, 0.25) is 0 Å². The van der Waals surface area contributed by atoms with Crippen molar-refractivity contribution >= 4 is 13.8 Å². The largest absolute Gasteiger partial charge is 0.466 e. The topological polar surface area (TPSA) is 26.3 Å². The zero-order valence-corrected chi connectivity index (χ0v) is 7.93. The number of fused-ring (bicyclic) bond motifs is 1. The highest BCUT2D eigenvalue weighted by Crippen LogP contribution is 3.01. The van der Waals surface area contributed by atoms with Crippen molar-refractivity contribution in [3.63, 3.8) is 0 Å². The van der Waals surface area contributed by atoms with Gasteiger partial charge in [0.05, 0.1) is 14.5 Å². The van der Waals surface area contributed by atoms with Crippen molar-refractivity contribution in [3.05, 3.63) is 0 Å². The molecular weight excluding hydrogens is 163 g/mol. The first kappa shape index (κ1) is 7.89. The first-order valence-corrected chi connectivity index (χ1v) is 5.11. The molecule has 0 heterocycles. The van der Waals surface area contributed by atoms with Crippen LogP contribution < -0.4 is 0 Å². The van der Waals surface area contributed by atoms with Gasteiger partial charge in [0.25, 0.3) is 0 Å². The number of hydrogen-bond donors (Lipinski definition) is 0. The normalized spacial score (nSPS) is 40.4. The molecule has 3 heteroatoms. The number of carbonyl (C=O) groups is 1. The molecule has 3 saturated carbocycles. The van der Waals surface area contributed by atoms with E-state index >= 15 is 0 Å². The highest BCUT2D eigenvalue weighted by Gasteiger charge is 2.95. The molecule has 2 nitrogen and oxygen atoms in total. The molecule has 0 N–H and O–H groups in total. The maximum absolute atomic E-state index is 11.7. The summed E-state index contributed by atoms with van der Waals surface area (Å²) < 4.78 is 5.06. The standard InChI is InChI=1S/C10H13BO2/c1-2-13-7(12)10(11)8(3-4-8)9(10)5-6-9/h2-6H2,1H3. The Morgan fingerprint density at radius 3 is 2.08 bits per heavy atom. The van der Waals surface area contributed by atoms with Gasteiger partial charge in [-0.1, -0.05) is 0 Å². The SMILES string of the molecule is [B]C1(C(=O)OCC)C2(CC2)C12CC2. The molecular formula is C10H13BO2. The highest BCUT2D eigenvalue weighted by atomic mass is 16.5. The van der Waals surface area contributed by atoms with Crippen LogP contribution in [-0.4, -0.2) is 20.4 Å².